The maximum Gasteiger partial charge on any atom is 0.441 e. The van der Waals surface area contributed by atoms with E-state index in [0.717, 1.165) is 17.7 Å². The Kier molecular flexibility index (Phi) is 4.20. The second-order valence-electron chi connectivity index (χ2n) is 5.49. The van der Waals surface area contributed by atoms with Crippen molar-refractivity contribution in [2.45, 2.75) is 19.4 Å². The van der Waals surface area contributed by atoms with Gasteiger partial charge < -0.3 is 0 Å². The normalized spacial score (nSPS) is 20.3. The first kappa shape index (κ1) is 15.4. The summed E-state index contributed by atoms with van der Waals surface area (Å²) < 4.78 is 31.1. The standard InChI is InChI=1S/C13H17N3O4S2/c1-22(18,19)15-6-2-4-10(8-15)9-16-12(14-20-13(16)17)11-5-3-7-21-11/h3,5,7,10H,2,4,6,8-9H2,1H3/t10-/m0/s1. The molecule has 0 bridgehead atoms. The lowest BCUT2D eigenvalue weighted by Gasteiger charge is -2.30. The lowest BCUT2D eigenvalue weighted by molar-refractivity contribution is 0.242. The topological polar surface area (TPSA) is 85.4 Å². The van der Waals surface area contributed by atoms with Crippen LogP contribution in [0.5, 0.6) is 0 Å². The Balaban J connectivity index is 1.82. The van der Waals surface area contributed by atoms with Gasteiger partial charge in [-0.05, 0) is 30.2 Å². The van der Waals surface area contributed by atoms with Crippen LogP contribution in [0.25, 0.3) is 10.7 Å². The predicted molar refractivity (Wildman–Crippen MR) is 83.2 cm³/mol. The molecule has 0 saturated carbocycles. The van der Waals surface area contributed by atoms with Gasteiger partial charge in [-0.15, -0.1) is 11.3 Å². The van der Waals surface area contributed by atoms with Gasteiger partial charge >= 0.3 is 5.76 Å². The highest BCUT2D eigenvalue weighted by Gasteiger charge is 2.27. The fraction of sp³-hybridized carbons (Fsp3) is 0.538. The van der Waals surface area contributed by atoms with Crippen LogP contribution in [0.1, 0.15) is 12.8 Å². The molecule has 9 heteroatoms. The van der Waals surface area contributed by atoms with Crippen LogP contribution >= 0.6 is 11.3 Å². The molecule has 7 nitrogen and oxygen atoms in total. The summed E-state index contributed by atoms with van der Waals surface area (Å²) in [6, 6.07) is 3.76. The minimum atomic E-state index is -3.19. The molecule has 0 radical (unpaired) electrons. The zero-order valence-electron chi connectivity index (χ0n) is 12.1. The molecule has 3 rings (SSSR count). The summed E-state index contributed by atoms with van der Waals surface area (Å²) in [5.41, 5.74) is 0. The Morgan fingerprint density at radius 3 is 3.00 bits per heavy atom. The van der Waals surface area contributed by atoms with E-state index >= 15 is 0 Å². The molecule has 0 aliphatic carbocycles. The van der Waals surface area contributed by atoms with Gasteiger partial charge in [-0.3, -0.25) is 9.09 Å². The summed E-state index contributed by atoms with van der Waals surface area (Å²) in [5, 5.41) is 5.75. The van der Waals surface area contributed by atoms with E-state index in [-0.39, 0.29) is 5.92 Å². The third kappa shape index (κ3) is 3.16. The average Bonchev–Trinajstić information content (AvgIpc) is 3.09. The predicted octanol–water partition coefficient (Wildman–Crippen LogP) is 1.24. The summed E-state index contributed by atoms with van der Waals surface area (Å²) in [6.45, 7) is 1.40. The van der Waals surface area contributed by atoms with Crippen LogP contribution in [0.15, 0.2) is 26.8 Å². The van der Waals surface area contributed by atoms with Gasteiger partial charge in [0.2, 0.25) is 10.0 Å². The van der Waals surface area contributed by atoms with Crippen LogP contribution in [0.3, 0.4) is 0 Å². The molecule has 1 saturated heterocycles. The molecule has 0 spiro atoms. The zero-order chi connectivity index (χ0) is 15.7. The summed E-state index contributed by atoms with van der Waals surface area (Å²) in [7, 11) is -3.19. The van der Waals surface area contributed by atoms with Gasteiger partial charge in [-0.25, -0.2) is 17.5 Å². The Labute approximate surface area is 132 Å². The molecule has 0 unspecified atom stereocenters. The Hall–Kier alpha value is -1.45. The Bertz CT molecular complexity index is 792. The number of sulfonamides is 1. The van der Waals surface area contributed by atoms with E-state index in [1.165, 1.54) is 26.5 Å². The van der Waals surface area contributed by atoms with Crippen molar-refractivity contribution in [3.63, 3.8) is 0 Å². The molecule has 0 amide bonds. The number of piperidine rings is 1. The molecule has 1 aliphatic heterocycles. The fourth-order valence-electron chi connectivity index (χ4n) is 2.75. The van der Waals surface area contributed by atoms with E-state index in [4.69, 9.17) is 4.52 Å². The van der Waals surface area contributed by atoms with Gasteiger partial charge in [-0.1, -0.05) is 11.2 Å². The maximum atomic E-state index is 11.9. The fourth-order valence-corrected chi connectivity index (χ4v) is 4.40. The van der Waals surface area contributed by atoms with Gasteiger partial charge in [0.15, 0.2) is 5.82 Å². The number of rotatable bonds is 4. The minimum absolute atomic E-state index is 0.0827. The van der Waals surface area contributed by atoms with Gasteiger partial charge in [0.05, 0.1) is 11.1 Å². The first-order valence-corrected chi connectivity index (χ1v) is 9.73. The third-order valence-electron chi connectivity index (χ3n) is 3.82. The van der Waals surface area contributed by atoms with Crippen molar-refractivity contribution >= 4 is 21.4 Å². The van der Waals surface area contributed by atoms with Crippen LogP contribution in [-0.2, 0) is 16.6 Å². The summed E-state index contributed by atoms with van der Waals surface area (Å²) in [4.78, 5) is 12.8. The van der Waals surface area contributed by atoms with Crippen LogP contribution < -0.4 is 5.76 Å². The summed E-state index contributed by atoms with van der Waals surface area (Å²) >= 11 is 1.48. The largest absolute Gasteiger partial charge is 0.441 e. The monoisotopic (exact) mass is 343 g/mol. The van der Waals surface area contributed by atoms with Crippen LogP contribution in [0.2, 0.25) is 0 Å². The van der Waals surface area contributed by atoms with Crippen molar-refractivity contribution < 1.29 is 12.9 Å². The molecule has 0 aromatic carbocycles. The zero-order valence-corrected chi connectivity index (χ0v) is 13.8. The summed E-state index contributed by atoms with van der Waals surface area (Å²) in [5.74, 6) is 0.0932. The van der Waals surface area contributed by atoms with E-state index in [1.807, 2.05) is 17.5 Å². The molecule has 1 atom stereocenters. The van der Waals surface area contributed by atoms with E-state index in [9.17, 15) is 13.2 Å². The molecule has 120 valence electrons. The molecular formula is C13H17N3O4S2. The van der Waals surface area contributed by atoms with Crippen molar-refractivity contribution in [3.05, 3.63) is 28.1 Å². The molecule has 0 N–H and O–H groups in total. The average molecular weight is 343 g/mol. The van der Waals surface area contributed by atoms with Gasteiger partial charge in [0.1, 0.15) is 0 Å². The third-order valence-corrected chi connectivity index (χ3v) is 5.95. The van der Waals surface area contributed by atoms with Crippen LogP contribution in [0, 0.1) is 5.92 Å². The second-order valence-corrected chi connectivity index (χ2v) is 8.42. The lowest BCUT2D eigenvalue weighted by atomic mass is 9.99. The number of hydrogen-bond donors (Lipinski definition) is 0. The summed E-state index contributed by atoms with van der Waals surface area (Å²) in [6.07, 6.45) is 2.90. The van der Waals surface area contributed by atoms with Gasteiger partial charge in [0, 0.05) is 19.6 Å². The highest BCUT2D eigenvalue weighted by Crippen LogP contribution is 2.25. The smallest absolute Gasteiger partial charge is 0.295 e. The van der Waals surface area contributed by atoms with E-state index in [1.54, 1.807) is 0 Å². The Morgan fingerprint density at radius 2 is 2.32 bits per heavy atom. The van der Waals surface area contributed by atoms with Crippen molar-refractivity contribution in [3.8, 4) is 10.7 Å². The number of aromatic nitrogens is 2. The van der Waals surface area contributed by atoms with E-state index in [2.05, 4.69) is 5.16 Å². The molecule has 2 aromatic rings. The lowest BCUT2D eigenvalue weighted by Crippen LogP contribution is -2.41. The maximum absolute atomic E-state index is 11.9. The molecule has 2 aromatic heterocycles. The quantitative estimate of drug-likeness (QED) is 0.834. The second kappa shape index (κ2) is 5.98. The highest BCUT2D eigenvalue weighted by molar-refractivity contribution is 7.88. The number of nitrogens with zero attached hydrogens (tertiary/aromatic N) is 3. The Morgan fingerprint density at radius 1 is 1.50 bits per heavy atom. The van der Waals surface area contributed by atoms with E-state index in [0.29, 0.717) is 25.5 Å². The first-order chi connectivity index (χ1) is 10.4. The van der Waals surface area contributed by atoms with Gasteiger partial charge in [-0.2, -0.15) is 0 Å². The molecule has 1 aliphatic rings. The van der Waals surface area contributed by atoms with Crippen LogP contribution in [0.4, 0.5) is 0 Å². The highest BCUT2D eigenvalue weighted by atomic mass is 32.2. The van der Waals surface area contributed by atoms with Crippen molar-refractivity contribution in [1.29, 1.82) is 0 Å². The van der Waals surface area contributed by atoms with Crippen molar-refractivity contribution in [2.75, 3.05) is 19.3 Å². The minimum Gasteiger partial charge on any atom is -0.295 e. The molecule has 22 heavy (non-hydrogen) atoms. The molecule has 1 fully saturated rings. The number of hydrogen-bond acceptors (Lipinski definition) is 6. The van der Waals surface area contributed by atoms with Crippen molar-refractivity contribution in [1.82, 2.24) is 14.0 Å². The number of thiophene rings is 1. The van der Waals surface area contributed by atoms with E-state index < -0.39 is 15.8 Å². The molecular weight excluding hydrogens is 326 g/mol. The van der Waals surface area contributed by atoms with Gasteiger partial charge in [0.25, 0.3) is 0 Å². The first-order valence-electron chi connectivity index (χ1n) is 7.00. The SMILES string of the molecule is CS(=O)(=O)N1CCC[C@H](Cn2c(-c3cccs3)noc2=O)C1. The van der Waals surface area contributed by atoms with Crippen molar-refractivity contribution in [2.24, 2.45) is 5.92 Å². The molecule has 3 heterocycles. The van der Waals surface area contributed by atoms with Crippen LogP contribution in [-0.4, -0.2) is 41.8 Å².